The van der Waals surface area contributed by atoms with Crippen LogP contribution in [0, 0.1) is 0 Å². The molecule has 84 valence electrons. The molecule has 4 nitrogen and oxygen atoms in total. The molecule has 2 saturated heterocycles. The SMILES string of the molecule is O=C1NC(C2CO2)C1OCc1ccccc1. The molecule has 3 rings (SSSR count). The fourth-order valence-electron chi connectivity index (χ4n) is 1.88. The third-order valence-corrected chi connectivity index (χ3v) is 2.93. The number of amides is 1. The van der Waals surface area contributed by atoms with Crippen molar-refractivity contribution < 1.29 is 14.3 Å². The van der Waals surface area contributed by atoms with Crippen molar-refractivity contribution in [1.82, 2.24) is 5.32 Å². The zero-order valence-electron chi connectivity index (χ0n) is 8.76. The first-order valence-corrected chi connectivity index (χ1v) is 5.42. The van der Waals surface area contributed by atoms with E-state index in [1.165, 1.54) is 0 Å². The van der Waals surface area contributed by atoms with Gasteiger partial charge in [0, 0.05) is 0 Å². The first kappa shape index (κ1) is 9.81. The third kappa shape index (κ3) is 1.81. The maximum atomic E-state index is 11.3. The average molecular weight is 219 g/mol. The number of carbonyl (C=O) groups is 1. The molecule has 0 radical (unpaired) electrons. The Morgan fingerprint density at radius 1 is 1.38 bits per heavy atom. The van der Waals surface area contributed by atoms with Crippen LogP contribution in [0.25, 0.3) is 0 Å². The first-order valence-electron chi connectivity index (χ1n) is 5.42. The Kier molecular flexibility index (Phi) is 2.38. The van der Waals surface area contributed by atoms with Gasteiger partial charge in [0.25, 0.3) is 5.91 Å². The molecule has 0 aromatic heterocycles. The molecule has 1 amide bonds. The minimum absolute atomic E-state index is 0.0311. The van der Waals surface area contributed by atoms with Crippen LogP contribution in [-0.2, 0) is 20.9 Å². The Balaban J connectivity index is 1.56. The summed E-state index contributed by atoms with van der Waals surface area (Å²) in [6, 6.07) is 9.90. The molecule has 2 fully saturated rings. The van der Waals surface area contributed by atoms with E-state index in [0.717, 1.165) is 12.2 Å². The quantitative estimate of drug-likeness (QED) is 0.591. The lowest BCUT2D eigenvalue weighted by Crippen LogP contribution is -2.65. The Hall–Kier alpha value is -1.39. The van der Waals surface area contributed by atoms with Crippen molar-refractivity contribution in [2.75, 3.05) is 6.61 Å². The normalized spacial score (nSPS) is 31.8. The largest absolute Gasteiger partial charge is 0.371 e. The van der Waals surface area contributed by atoms with E-state index in [2.05, 4.69) is 5.32 Å². The van der Waals surface area contributed by atoms with Gasteiger partial charge in [-0.25, -0.2) is 0 Å². The van der Waals surface area contributed by atoms with Crippen molar-refractivity contribution in [3.05, 3.63) is 35.9 Å². The summed E-state index contributed by atoms with van der Waals surface area (Å²) in [7, 11) is 0. The van der Waals surface area contributed by atoms with Gasteiger partial charge in [0.05, 0.1) is 19.3 Å². The number of benzene rings is 1. The summed E-state index contributed by atoms with van der Waals surface area (Å²) in [5.41, 5.74) is 1.08. The first-order chi connectivity index (χ1) is 7.84. The molecule has 2 heterocycles. The summed E-state index contributed by atoms with van der Waals surface area (Å²) in [5.74, 6) is -0.0311. The van der Waals surface area contributed by atoms with Crippen LogP contribution in [0.5, 0.6) is 0 Å². The molecule has 0 saturated carbocycles. The highest BCUT2D eigenvalue weighted by Crippen LogP contribution is 2.25. The highest BCUT2D eigenvalue weighted by Gasteiger charge is 2.50. The molecule has 1 N–H and O–H groups in total. The third-order valence-electron chi connectivity index (χ3n) is 2.93. The molecule has 1 aromatic rings. The molecular formula is C12H13NO3. The van der Waals surface area contributed by atoms with E-state index in [0.29, 0.717) is 6.61 Å². The van der Waals surface area contributed by atoms with Crippen LogP contribution >= 0.6 is 0 Å². The lowest BCUT2D eigenvalue weighted by atomic mass is 9.99. The number of nitrogens with one attached hydrogen (secondary N) is 1. The van der Waals surface area contributed by atoms with E-state index >= 15 is 0 Å². The van der Waals surface area contributed by atoms with Gasteiger partial charge in [-0.1, -0.05) is 30.3 Å². The van der Waals surface area contributed by atoms with Crippen molar-refractivity contribution >= 4 is 5.91 Å². The minimum Gasteiger partial charge on any atom is -0.371 e. The molecule has 0 bridgehead atoms. The van der Waals surface area contributed by atoms with Crippen LogP contribution < -0.4 is 5.32 Å². The van der Waals surface area contributed by atoms with Gasteiger partial charge in [-0.2, -0.15) is 0 Å². The number of ether oxygens (including phenoxy) is 2. The van der Waals surface area contributed by atoms with Crippen molar-refractivity contribution in [3.63, 3.8) is 0 Å². The Morgan fingerprint density at radius 2 is 2.12 bits per heavy atom. The van der Waals surface area contributed by atoms with Gasteiger partial charge in [0.2, 0.25) is 0 Å². The standard InChI is InChI=1S/C12H13NO3/c14-12-11(10(13-12)9-7-15-9)16-6-8-4-2-1-3-5-8/h1-5,9-11H,6-7H2,(H,13,14). The van der Waals surface area contributed by atoms with E-state index in [9.17, 15) is 4.79 Å². The molecular weight excluding hydrogens is 206 g/mol. The monoisotopic (exact) mass is 219 g/mol. The summed E-state index contributed by atoms with van der Waals surface area (Å²) in [5, 5.41) is 2.80. The second-order valence-corrected chi connectivity index (χ2v) is 4.12. The molecule has 2 aliphatic heterocycles. The molecule has 3 unspecified atom stereocenters. The van der Waals surface area contributed by atoms with E-state index in [1.54, 1.807) is 0 Å². The van der Waals surface area contributed by atoms with Crippen LogP contribution in [0.15, 0.2) is 30.3 Å². The maximum Gasteiger partial charge on any atom is 0.251 e. The fourth-order valence-corrected chi connectivity index (χ4v) is 1.88. The predicted octanol–water partition coefficient (Wildman–Crippen LogP) is 0.469. The number of hydrogen-bond donors (Lipinski definition) is 1. The van der Waals surface area contributed by atoms with Crippen LogP contribution in [0.2, 0.25) is 0 Å². The molecule has 16 heavy (non-hydrogen) atoms. The Morgan fingerprint density at radius 3 is 2.75 bits per heavy atom. The number of carbonyl (C=O) groups excluding carboxylic acids is 1. The van der Waals surface area contributed by atoms with E-state index in [-0.39, 0.29) is 24.2 Å². The zero-order chi connectivity index (χ0) is 11.0. The molecule has 3 atom stereocenters. The summed E-state index contributed by atoms with van der Waals surface area (Å²) in [4.78, 5) is 11.3. The van der Waals surface area contributed by atoms with Gasteiger partial charge >= 0.3 is 0 Å². The number of β-lactam (4-membered cyclic amide) rings is 1. The lowest BCUT2D eigenvalue weighted by Gasteiger charge is -2.35. The van der Waals surface area contributed by atoms with Gasteiger partial charge in [-0.05, 0) is 5.56 Å². The fraction of sp³-hybridized carbons (Fsp3) is 0.417. The van der Waals surface area contributed by atoms with Gasteiger partial charge in [-0.15, -0.1) is 0 Å². The number of hydrogen-bond acceptors (Lipinski definition) is 3. The van der Waals surface area contributed by atoms with Crippen molar-refractivity contribution in [2.45, 2.75) is 24.9 Å². The smallest absolute Gasteiger partial charge is 0.251 e. The van der Waals surface area contributed by atoms with Crippen molar-refractivity contribution in [1.29, 1.82) is 0 Å². The lowest BCUT2D eigenvalue weighted by molar-refractivity contribution is -0.150. The van der Waals surface area contributed by atoms with Gasteiger partial charge in [0.15, 0.2) is 6.10 Å². The Labute approximate surface area is 93.5 Å². The van der Waals surface area contributed by atoms with Crippen molar-refractivity contribution in [3.8, 4) is 0 Å². The molecule has 0 aliphatic carbocycles. The predicted molar refractivity (Wildman–Crippen MR) is 56.7 cm³/mol. The summed E-state index contributed by atoms with van der Waals surface area (Å²) >= 11 is 0. The molecule has 4 heteroatoms. The highest BCUT2D eigenvalue weighted by atomic mass is 16.6. The molecule has 2 aliphatic rings. The summed E-state index contributed by atoms with van der Waals surface area (Å²) in [6.45, 7) is 1.21. The van der Waals surface area contributed by atoms with Crippen LogP contribution in [0.1, 0.15) is 5.56 Å². The molecule has 0 spiro atoms. The van der Waals surface area contributed by atoms with Gasteiger partial charge in [-0.3, -0.25) is 4.79 Å². The highest BCUT2D eigenvalue weighted by molar-refractivity contribution is 5.88. The molecule has 1 aromatic carbocycles. The van der Waals surface area contributed by atoms with Crippen molar-refractivity contribution in [2.24, 2.45) is 0 Å². The van der Waals surface area contributed by atoms with Gasteiger partial charge in [0.1, 0.15) is 6.10 Å². The number of epoxide rings is 1. The van der Waals surface area contributed by atoms with E-state index in [4.69, 9.17) is 9.47 Å². The second kappa shape index (κ2) is 3.88. The van der Waals surface area contributed by atoms with E-state index < -0.39 is 0 Å². The summed E-state index contributed by atoms with van der Waals surface area (Å²) < 4.78 is 10.7. The van der Waals surface area contributed by atoms with Crippen LogP contribution in [0.4, 0.5) is 0 Å². The maximum absolute atomic E-state index is 11.3. The second-order valence-electron chi connectivity index (χ2n) is 4.12. The van der Waals surface area contributed by atoms with Gasteiger partial charge < -0.3 is 14.8 Å². The minimum atomic E-state index is -0.340. The Bertz CT molecular complexity index is 389. The summed E-state index contributed by atoms with van der Waals surface area (Å²) in [6.07, 6.45) is -0.175. The van der Waals surface area contributed by atoms with Crippen LogP contribution in [0.3, 0.4) is 0 Å². The van der Waals surface area contributed by atoms with Crippen LogP contribution in [-0.4, -0.2) is 30.8 Å². The topological polar surface area (TPSA) is 50.9 Å². The zero-order valence-corrected chi connectivity index (χ0v) is 8.76. The van der Waals surface area contributed by atoms with E-state index in [1.807, 2.05) is 30.3 Å². The number of rotatable bonds is 4. The average Bonchev–Trinajstić information content (AvgIpc) is 3.11.